The van der Waals surface area contributed by atoms with Gasteiger partial charge in [0.1, 0.15) is 6.54 Å². The van der Waals surface area contributed by atoms with Gasteiger partial charge >= 0.3 is 6.03 Å². The summed E-state index contributed by atoms with van der Waals surface area (Å²) in [5.41, 5.74) is -0.259. The number of hydrogen-bond acceptors (Lipinski definition) is 5. The van der Waals surface area contributed by atoms with Crippen LogP contribution in [0.15, 0.2) is 60.7 Å². The van der Waals surface area contributed by atoms with Crippen molar-refractivity contribution < 1.29 is 22.8 Å². The van der Waals surface area contributed by atoms with Crippen LogP contribution < -0.4 is 5.32 Å². The van der Waals surface area contributed by atoms with Crippen molar-refractivity contribution in [2.45, 2.75) is 31.8 Å². The molecule has 0 spiro atoms. The van der Waals surface area contributed by atoms with Crippen LogP contribution in [0.3, 0.4) is 0 Å². The van der Waals surface area contributed by atoms with Gasteiger partial charge in [-0.15, -0.1) is 0 Å². The third kappa shape index (κ3) is 4.44. The van der Waals surface area contributed by atoms with Crippen molar-refractivity contribution >= 4 is 27.7 Å². The van der Waals surface area contributed by atoms with E-state index in [1.165, 1.54) is 4.90 Å². The standard InChI is InChI=1S/C25H29N3O5S/c1-18(2)15-27(21-13-14-34(32,33)17-21)22(29)16-28-23(30)25(26-24(28)31,19-9-5-3-6-10-19)20-11-7-4-8-12-20/h3-12,18,21H,13-17H2,1-2H3,(H,26,31)/t21-/m1/s1. The van der Waals surface area contributed by atoms with Gasteiger partial charge in [0.05, 0.1) is 11.5 Å². The SMILES string of the molecule is CC(C)CN(C(=O)CN1C(=O)NC(c2ccccc2)(c2ccccc2)C1=O)[C@@H]1CCS(=O)(=O)C1. The molecule has 1 N–H and O–H groups in total. The van der Waals surface area contributed by atoms with E-state index in [9.17, 15) is 22.8 Å². The Kier molecular flexibility index (Phi) is 6.49. The van der Waals surface area contributed by atoms with E-state index in [-0.39, 0.29) is 17.4 Å². The molecule has 0 bridgehead atoms. The Morgan fingerprint density at radius 2 is 1.62 bits per heavy atom. The zero-order chi connectivity index (χ0) is 24.5. The zero-order valence-corrected chi connectivity index (χ0v) is 20.1. The highest BCUT2D eigenvalue weighted by Gasteiger charge is 2.54. The second-order valence-corrected chi connectivity index (χ2v) is 11.5. The Bertz CT molecular complexity index is 1140. The third-order valence-corrected chi connectivity index (χ3v) is 8.09. The molecule has 9 heteroatoms. The molecule has 34 heavy (non-hydrogen) atoms. The molecular formula is C25H29N3O5S. The van der Waals surface area contributed by atoms with Crippen LogP contribution in [0.2, 0.25) is 0 Å². The molecule has 4 amide bonds. The summed E-state index contributed by atoms with van der Waals surface area (Å²) in [6.07, 6.45) is 0.360. The summed E-state index contributed by atoms with van der Waals surface area (Å²) in [5.74, 6) is -0.928. The molecule has 0 aromatic heterocycles. The van der Waals surface area contributed by atoms with Gasteiger partial charge in [-0.05, 0) is 23.5 Å². The second-order valence-electron chi connectivity index (χ2n) is 9.30. The molecule has 180 valence electrons. The number of imide groups is 1. The number of carbonyl (C=O) groups is 3. The van der Waals surface area contributed by atoms with E-state index in [4.69, 9.17) is 0 Å². The first-order valence-corrected chi connectivity index (χ1v) is 13.2. The number of nitrogens with zero attached hydrogens (tertiary/aromatic N) is 2. The quantitative estimate of drug-likeness (QED) is 0.608. The van der Waals surface area contributed by atoms with Gasteiger partial charge in [0.2, 0.25) is 5.91 Å². The van der Waals surface area contributed by atoms with E-state index in [2.05, 4.69) is 5.32 Å². The van der Waals surface area contributed by atoms with E-state index in [1.54, 1.807) is 48.5 Å². The van der Waals surface area contributed by atoms with Gasteiger partial charge in [-0.3, -0.25) is 14.5 Å². The molecule has 0 unspecified atom stereocenters. The fraction of sp³-hybridized carbons (Fsp3) is 0.400. The normalized spacial score (nSPS) is 21.0. The highest BCUT2D eigenvalue weighted by atomic mass is 32.2. The molecule has 0 radical (unpaired) electrons. The van der Waals surface area contributed by atoms with Crippen LogP contribution in [-0.4, -0.2) is 66.7 Å². The summed E-state index contributed by atoms with van der Waals surface area (Å²) >= 11 is 0. The molecule has 4 rings (SSSR count). The number of carbonyl (C=O) groups excluding carboxylic acids is 3. The summed E-state index contributed by atoms with van der Waals surface area (Å²) in [6.45, 7) is 3.78. The Morgan fingerprint density at radius 1 is 1.06 bits per heavy atom. The number of hydrogen-bond donors (Lipinski definition) is 1. The second kappa shape index (κ2) is 9.21. The van der Waals surface area contributed by atoms with Crippen LogP contribution >= 0.6 is 0 Å². The van der Waals surface area contributed by atoms with Crippen LogP contribution in [-0.2, 0) is 25.0 Å². The van der Waals surface area contributed by atoms with Gasteiger partial charge in [0, 0.05) is 12.6 Å². The van der Waals surface area contributed by atoms with Gasteiger partial charge in [-0.2, -0.15) is 0 Å². The monoisotopic (exact) mass is 483 g/mol. The van der Waals surface area contributed by atoms with E-state index in [0.29, 0.717) is 24.1 Å². The highest BCUT2D eigenvalue weighted by Crippen LogP contribution is 2.36. The molecule has 8 nitrogen and oxygen atoms in total. The first-order chi connectivity index (χ1) is 16.1. The minimum absolute atomic E-state index is 0.0355. The van der Waals surface area contributed by atoms with Crippen molar-refractivity contribution in [1.29, 1.82) is 0 Å². The molecule has 2 aromatic carbocycles. The molecule has 2 aliphatic heterocycles. The maximum Gasteiger partial charge on any atom is 0.326 e. The lowest BCUT2D eigenvalue weighted by molar-refractivity contribution is -0.140. The molecule has 2 fully saturated rings. The highest BCUT2D eigenvalue weighted by molar-refractivity contribution is 7.91. The number of sulfone groups is 1. The zero-order valence-electron chi connectivity index (χ0n) is 19.3. The Labute approximate surface area is 199 Å². The van der Waals surface area contributed by atoms with E-state index in [0.717, 1.165) is 4.90 Å². The average Bonchev–Trinajstić information content (AvgIpc) is 3.30. The predicted molar refractivity (Wildman–Crippen MR) is 128 cm³/mol. The van der Waals surface area contributed by atoms with Crippen LogP contribution in [0.1, 0.15) is 31.4 Å². The Morgan fingerprint density at radius 3 is 2.09 bits per heavy atom. The maximum atomic E-state index is 13.8. The third-order valence-electron chi connectivity index (χ3n) is 6.34. The van der Waals surface area contributed by atoms with Crippen LogP contribution in [0, 0.1) is 5.92 Å². The lowest BCUT2D eigenvalue weighted by atomic mass is 9.82. The minimum Gasteiger partial charge on any atom is -0.337 e. The van der Waals surface area contributed by atoms with Crippen LogP contribution in [0.5, 0.6) is 0 Å². The first-order valence-electron chi connectivity index (χ1n) is 11.4. The molecular weight excluding hydrogens is 454 g/mol. The molecule has 0 aliphatic carbocycles. The van der Waals surface area contributed by atoms with E-state index in [1.807, 2.05) is 26.0 Å². The lowest BCUT2D eigenvalue weighted by Gasteiger charge is -2.31. The van der Waals surface area contributed by atoms with Gasteiger partial charge in [0.15, 0.2) is 15.4 Å². The van der Waals surface area contributed by atoms with Crippen molar-refractivity contribution in [3.05, 3.63) is 71.8 Å². The first kappa shape index (κ1) is 23.9. The summed E-state index contributed by atoms with van der Waals surface area (Å²) in [4.78, 5) is 42.7. The predicted octanol–water partition coefficient (Wildman–Crippen LogP) is 2.15. The molecule has 2 aliphatic rings. The number of rotatable bonds is 7. The number of amides is 4. The van der Waals surface area contributed by atoms with Crippen molar-refractivity contribution in [3.8, 4) is 0 Å². The summed E-state index contributed by atoms with van der Waals surface area (Å²) in [7, 11) is -3.20. The van der Waals surface area contributed by atoms with Gasteiger partial charge in [0.25, 0.3) is 5.91 Å². The fourth-order valence-electron chi connectivity index (χ4n) is 4.75. The largest absolute Gasteiger partial charge is 0.337 e. The van der Waals surface area contributed by atoms with Gasteiger partial charge < -0.3 is 10.2 Å². The van der Waals surface area contributed by atoms with Crippen LogP contribution in [0.25, 0.3) is 0 Å². The molecule has 2 saturated heterocycles. The smallest absolute Gasteiger partial charge is 0.326 e. The van der Waals surface area contributed by atoms with Gasteiger partial charge in [-0.25, -0.2) is 13.2 Å². The van der Waals surface area contributed by atoms with Crippen molar-refractivity contribution in [3.63, 3.8) is 0 Å². The molecule has 1 atom stereocenters. The van der Waals surface area contributed by atoms with Crippen molar-refractivity contribution in [2.75, 3.05) is 24.6 Å². The Hall–Kier alpha value is -3.20. The van der Waals surface area contributed by atoms with Crippen molar-refractivity contribution in [2.24, 2.45) is 5.92 Å². The van der Waals surface area contributed by atoms with Gasteiger partial charge in [-0.1, -0.05) is 74.5 Å². The summed E-state index contributed by atoms with van der Waals surface area (Å²) < 4.78 is 24.1. The molecule has 2 heterocycles. The van der Waals surface area contributed by atoms with Crippen molar-refractivity contribution in [1.82, 2.24) is 15.1 Å². The van der Waals surface area contributed by atoms with Crippen LogP contribution in [0.4, 0.5) is 4.79 Å². The molecule has 2 aromatic rings. The lowest BCUT2D eigenvalue weighted by Crippen LogP contribution is -2.50. The van der Waals surface area contributed by atoms with E-state index >= 15 is 0 Å². The molecule has 0 saturated carbocycles. The summed E-state index contributed by atoms with van der Waals surface area (Å²) in [6, 6.07) is 16.8. The maximum absolute atomic E-state index is 13.8. The Balaban J connectivity index is 1.65. The number of benzene rings is 2. The van der Waals surface area contributed by atoms with E-state index < -0.39 is 45.8 Å². The fourth-order valence-corrected chi connectivity index (χ4v) is 6.48. The summed E-state index contributed by atoms with van der Waals surface area (Å²) in [5, 5.41) is 2.84. The average molecular weight is 484 g/mol. The topological polar surface area (TPSA) is 104 Å². The number of urea groups is 1. The minimum atomic E-state index is -3.20. The number of nitrogens with one attached hydrogen (secondary N) is 1.